The molecule has 4 heteroatoms. The van der Waals surface area contributed by atoms with Gasteiger partial charge in [0.15, 0.2) is 0 Å². The van der Waals surface area contributed by atoms with Gasteiger partial charge in [-0.15, -0.1) is 0 Å². The van der Waals surface area contributed by atoms with E-state index >= 15 is 0 Å². The van der Waals surface area contributed by atoms with E-state index in [1.807, 2.05) is 0 Å². The van der Waals surface area contributed by atoms with Crippen LogP contribution in [-0.2, 0) is 4.79 Å². The zero-order valence-electron chi connectivity index (χ0n) is 6.03. The Kier molecular flexibility index (Phi) is 3.46. The molecule has 0 aliphatic rings. The third-order valence-electron chi connectivity index (χ3n) is 1.19. The third kappa shape index (κ3) is 3.06. The molecular formula is C6H11NO3. The van der Waals surface area contributed by atoms with E-state index in [0.717, 1.165) is 0 Å². The van der Waals surface area contributed by atoms with E-state index in [1.165, 1.54) is 0 Å². The van der Waals surface area contributed by atoms with Gasteiger partial charge in [-0.1, -0.05) is 12.1 Å². The number of carboxylic acids is 1. The van der Waals surface area contributed by atoms with E-state index in [1.54, 1.807) is 13.8 Å². The molecule has 0 radical (unpaired) electrons. The van der Waals surface area contributed by atoms with Gasteiger partial charge in [-0.2, -0.15) is 0 Å². The van der Waals surface area contributed by atoms with Gasteiger partial charge in [0.1, 0.15) is 0 Å². The van der Waals surface area contributed by atoms with E-state index in [2.05, 4.69) is 5.16 Å². The quantitative estimate of drug-likeness (QED) is 0.353. The molecule has 10 heavy (non-hydrogen) atoms. The van der Waals surface area contributed by atoms with E-state index in [9.17, 15) is 4.79 Å². The highest BCUT2D eigenvalue weighted by atomic mass is 16.4. The molecule has 0 saturated carbocycles. The van der Waals surface area contributed by atoms with Crippen LogP contribution in [0.1, 0.15) is 20.3 Å². The van der Waals surface area contributed by atoms with Crippen LogP contribution in [0, 0.1) is 5.92 Å². The van der Waals surface area contributed by atoms with E-state index in [4.69, 9.17) is 10.3 Å². The number of aliphatic carboxylic acids is 1. The van der Waals surface area contributed by atoms with Gasteiger partial charge < -0.3 is 10.3 Å². The second-order valence-corrected chi connectivity index (χ2v) is 2.28. The molecule has 0 aliphatic carbocycles. The summed E-state index contributed by atoms with van der Waals surface area (Å²) in [7, 11) is 0. The van der Waals surface area contributed by atoms with Crippen molar-refractivity contribution in [3.8, 4) is 0 Å². The van der Waals surface area contributed by atoms with Crippen LogP contribution in [0.5, 0.6) is 0 Å². The van der Waals surface area contributed by atoms with Crippen molar-refractivity contribution in [3.05, 3.63) is 0 Å². The molecule has 4 nitrogen and oxygen atoms in total. The molecule has 0 aromatic rings. The molecule has 0 spiro atoms. The van der Waals surface area contributed by atoms with Crippen molar-refractivity contribution in [2.45, 2.75) is 20.3 Å². The average Bonchev–Trinajstić information content (AvgIpc) is 1.87. The lowest BCUT2D eigenvalue weighted by molar-refractivity contribution is -0.140. The number of rotatable bonds is 3. The fourth-order valence-corrected chi connectivity index (χ4v) is 0.571. The van der Waals surface area contributed by atoms with Crippen molar-refractivity contribution in [2.75, 3.05) is 0 Å². The van der Waals surface area contributed by atoms with Crippen LogP contribution in [0.4, 0.5) is 0 Å². The molecule has 0 rings (SSSR count). The van der Waals surface area contributed by atoms with Crippen LogP contribution in [-0.4, -0.2) is 22.0 Å². The maximum atomic E-state index is 10.2. The van der Waals surface area contributed by atoms with Gasteiger partial charge >= 0.3 is 5.97 Å². The lowest BCUT2D eigenvalue weighted by Gasteiger charge is -2.02. The van der Waals surface area contributed by atoms with Gasteiger partial charge in [0.25, 0.3) is 0 Å². The number of carboxylic acid groups (broad SMARTS) is 1. The van der Waals surface area contributed by atoms with Crippen molar-refractivity contribution in [1.29, 1.82) is 0 Å². The Labute approximate surface area is 59.2 Å². The van der Waals surface area contributed by atoms with E-state index in [0.29, 0.717) is 12.1 Å². The fourth-order valence-electron chi connectivity index (χ4n) is 0.571. The molecule has 0 fully saturated rings. The minimum Gasteiger partial charge on any atom is -0.481 e. The molecule has 1 unspecified atom stereocenters. The predicted molar refractivity (Wildman–Crippen MR) is 36.3 cm³/mol. The minimum absolute atomic E-state index is 0.297. The summed E-state index contributed by atoms with van der Waals surface area (Å²) in [5, 5.41) is 19.4. The molecule has 0 aliphatic heterocycles. The molecule has 1 atom stereocenters. The minimum atomic E-state index is -0.872. The summed E-state index contributed by atoms with van der Waals surface area (Å²) in [6, 6.07) is 0. The Balaban J connectivity index is 3.80. The van der Waals surface area contributed by atoms with Crippen molar-refractivity contribution < 1.29 is 15.1 Å². The van der Waals surface area contributed by atoms with Crippen LogP contribution in [0.15, 0.2) is 5.16 Å². The average molecular weight is 145 g/mol. The fraction of sp³-hybridized carbons (Fsp3) is 0.667. The molecular weight excluding hydrogens is 134 g/mol. The first-order chi connectivity index (χ1) is 4.57. The van der Waals surface area contributed by atoms with Crippen LogP contribution >= 0.6 is 0 Å². The predicted octanol–water partition coefficient (Wildman–Crippen LogP) is 0.947. The molecule has 0 heterocycles. The summed E-state index contributed by atoms with van der Waals surface area (Å²) in [6.45, 7) is 3.15. The van der Waals surface area contributed by atoms with Crippen molar-refractivity contribution in [2.24, 2.45) is 11.1 Å². The van der Waals surface area contributed by atoms with Gasteiger partial charge in [0, 0.05) is 6.42 Å². The molecule has 0 saturated heterocycles. The molecule has 0 amide bonds. The monoisotopic (exact) mass is 145 g/mol. The van der Waals surface area contributed by atoms with Crippen LogP contribution < -0.4 is 0 Å². The van der Waals surface area contributed by atoms with Crippen molar-refractivity contribution >= 4 is 11.7 Å². The maximum Gasteiger partial charge on any atom is 0.306 e. The number of oxime groups is 1. The zero-order valence-corrected chi connectivity index (χ0v) is 6.03. The Morgan fingerprint density at radius 2 is 2.20 bits per heavy atom. The lowest BCUT2D eigenvalue weighted by Crippen LogP contribution is -2.12. The summed E-state index contributed by atoms with van der Waals surface area (Å²) >= 11 is 0. The number of carbonyl (C=O) groups is 1. The zero-order chi connectivity index (χ0) is 8.15. The highest BCUT2D eigenvalue weighted by molar-refractivity contribution is 5.85. The van der Waals surface area contributed by atoms with Gasteiger partial charge in [0.2, 0.25) is 0 Å². The van der Waals surface area contributed by atoms with Crippen LogP contribution in [0.25, 0.3) is 0 Å². The molecule has 0 aromatic carbocycles. The second-order valence-electron chi connectivity index (χ2n) is 2.28. The lowest BCUT2D eigenvalue weighted by atomic mass is 10.1. The molecule has 0 aromatic heterocycles. The highest BCUT2D eigenvalue weighted by Crippen LogP contribution is 2.02. The molecule has 58 valence electrons. The van der Waals surface area contributed by atoms with Gasteiger partial charge in [0.05, 0.1) is 11.6 Å². The highest BCUT2D eigenvalue weighted by Gasteiger charge is 2.11. The normalized spacial score (nSPS) is 14.8. The Hall–Kier alpha value is -1.06. The summed E-state index contributed by atoms with van der Waals surface area (Å²) in [5.74, 6) is -1.35. The number of hydrogen-bond donors (Lipinski definition) is 2. The summed E-state index contributed by atoms with van der Waals surface area (Å²) in [4.78, 5) is 10.2. The molecule has 2 N–H and O–H groups in total. The van der Waals surface area contributed by atoms with Crippen molar-refractivity contribution in [1.82, 2.24) is 0 Å². The van der Waals surface area contributed by atoms with Gasteiger partial charge in [-0.05, 0) is 6.92 Å². The maximum absolute atomic E-state index is 10.2. The van der Waals surface area contributed by atoms with Gasteiger partial charge in [-0.3, -0.25) is 4.79 Å². The number of nitrogens with zero attached hydrogens (tertiary/aromatic N) is 1. The van der Waals surface area contributed by atoms with Crippen LogP contribution in [0.2, 0.25) is 0 Å². The standard InChI is InChI=1S/C6H11NO3/c1-4(6(8)9)3-5(2)7-10/h4,10H,3H2,1-2H3,(H,8,9). The molecule has 0 bridgehead atoms. The first-order valence-electron chi connectivity index (χ1n) is 2.98. The first kappa shape index (κ1) is 8.94. The Bertz CT molecular complexity index is 153. The summed E-state index contributed by atoms with van der Waals surface area (Å²) < 4.78 is 0. The van der Waals surface area contributed by atoms with Crippen molar-refractivity contribution in [3.63, 3.8) is 0 Å². The Morgan fingerprint density at radius 3 is 2.50 bits per heavy atom. The number of hydrogen-bond acceptors (Lipinski definition) is 3. The third-order valence-corrected chi connectivity index (χ3v) is 1.19. The first-order valence-corrected chi connectivity index (χ1v) is 2.98. The SMILES string of the molecule is CC(CC(C)C(=O)O)=NO. The topological polar surface area (TPSA) is 69.9 Å². The smallest absolute Gasteiger partial charge is 0.306 e. The van der Waals surface area contributed by atoms with Crippen LogP contribution in [0.3, 0.4) is 0 Å². The largest absolute Gasteiger partial charge is 0.481 e. The summed E-state index contributed by atoms with van der Waals surface area (Å²) in [5.41, 5.74) is 0.440. The van der Waals surface area contributed by atoms with E-state index < -0.39 is 11.9 Å². The van der Waals surface area contributed by atoms with Gasteiger partial charge in [-0.25, -0.2) is 0 Å². The second kappa shape index (κ2) is 3.87. The summed E-state index contributed by atoms with van der Waals surface area (Å²) in [6.07, 6.45) is 0.297. The van der Waals surface area contributed by atoms with E-state index in [-0.39, 0.29) is 0 Å². The Morgan fingerprint density at radius 1 is 1.70 bits per heavy atom.